The molecule has 0 saturated carbocycles. The fraction of sp³-hybridized carbons (Fsp3) is 0.647. The Morgan fingerprint density at radius 1 is 1.26 bits per heavy atom. The molecule has 1 aliphatic rings. The van der Waals surface area contributed by atoms with E-state index in [1.54, 1.807) is 0 Å². The topological polar surface area (TPSA) is 15.3 Å². The fourth-order valence-corrected chi connectivity index (χ4v) is 2.86. The smallest absolute Gasteiger partial charge is 0.0236 e. The maximum Gasteiger partial charge on any atom is 0.0236 e. The molecule has 106 valence electrons. The fourth-order valence-electron chi connectivity index (χ4n) is 2.86. The van der Waals surface area contributed by atoms with Crippen molar-refractivity contribution in [3.05, 3.63) is 35.4 Å². The van der Waals surface area contributed by atoms with Gasteiger partial charge < -0.3 is 5.32 Å². The zero-order chi connectivity index (χ0) is 13.7. The van der Waals surface area contributed by atoms with E-state index < -0.39 is 0 Å². The van der Waals surface area contributed by atoms with E-state index >= 15 is 0 Å². The van der Waals surface area contributed by atoms with Crippen molar-refractivity contribution in [3.63, 3.8) is 0 Å². The minimum absolute atomic E-state index is 0.576. The van der Waals surface area contributed by atoms with Crippen molar-refractivity contribution >= 4 is 0 Å². The Kier molecular flexibility index (Phi) is 5.41. The molecule has 1 saturated heterocycles. The first kappa shape index (κ1) is 14.5. The van der Waals surface area contributed by atoms with Gasteiger partial charge in [-0.1, -0.05) is 45.0 Å². The van der Waals surface area contributed by atoms with Gasteiger partial charge in [0.05, 0.1) is 0 Å². The molecule has 0 aliphatic carbocycles. The highest BCUT2D eigenvalue weighted by Crippen LogP contribution is 2.19. The Bertz CT molecular complexity index is 387. The van der Waals surface area contributed by atoms with E-state index in [1.807, 2.05) is 0 Å². The maximum absolute atomic E-state index is 3.51. The second-order valence-corrected chi connectivity index (χ2v) is 6.26. The van der Waals surface area contributed by atoms with Crippen LogP contribution in [-0.2, 0) is 13.0 Å². The van der Waals surface area contributed by atoms with Crippen molar-refractivity contribution in [2.45, 2.75) is 46.2 Å². The average Bonchev–Trinajstić information content (AvgIpc) is 2.77. The van der Waals surface area contributed by atoms with Crippen molar-refractivity contribution in [1.29, 1.82) is 0 Å². The third-order valence-corrected chi connectivity index (χ3v) is 3.97. The van der Waals surface area contributed by atoms with Crippen LogP contribution in [0.2, 0.25) is 0 Å². The predicted octanol–water partition coefficient (Wildman–Crippen LogP) is 3.07. The zero-order valence-corrected chi connectivity index (χ0v) is 12.7. The minimum atomic E-state index is 0.576. The largest absolute Gasteiger partial charge is 0.314 e. The normalized spacial score (nSPS) is 20.3. The SMILES string of the molecule is CC1CCN(Cc2ccccc2CCNC(C)C)C1. The highest BCUT2D eigenvalue weighted by Gasteiger charge is 2.19. The van der Waals surface area contributed by atoms with Gasteiger partial charge in [0, 0.05) is 19.1 Å². The summed E-state index contributed by atoms with van der Waals surface area (Å²) in [4.78, 5) is 2.60. The highest BCUT2D eigenvalue weighted by molar-refractivity contribution is 5.27. The molecule has 2 heteroatoms. The summed E-state index contributed by atoms with van der Waals surface area (Å²) in [7, 11) is 0. The van der Waals surface area contributed by atoms with Gasteiger partial charge in [0.15, 0.2) is 0 Å². The second-order valence-electron chi connectivity index (χ2n) is 6.26. The van der Waals surface area contributed by atoms with Gasteiger partial charge >= 0.3 is 0 Å². The molecule has 19 heavy (non-hydrogen) atoms. The molecule has 0 bridgehead atoms. The van der Waals surface area contributed by atoms with Crippen LogP contribution >= 0.6 is 0 Å². The average molecular weight is 260 g/mol. The molecule has 1 aliphatic heterocycles. The van der Waals surface area contributed by atoms with E-state index in [2.05, 4.69) is 55.3 Å². The summed E-state index contributed by atoms with van der Waals surface area (Å²) in [6, 6.07) is 9.51. The Labute approximate surface area is 118 Å². The van der Waals surface area contributed by atoms with E-state index in [0.29, 0.717) is 6.04 Å². The Morgan fingerprint density at radius 2 is 2.00 bits per heavy atom. The van der Waals surface area contributed by atoms with Gasteiger partial charge in [-0.05, 0) is 43.0 Å². The number of likely N-dealkylation sites (tertiary alicyclic amines) is 1. The molecule has 1 fully saturated rings. The molecule has 0 spiro atoms. The van der Waals surface area contributed by atoms with Crippen LogP contribution in [0, 0.1) is 5.92 Å². The van der Waals surface area contributed by atoms with Crippen molar-refractivity contribution in [2.75, 3.05) is 19.6 Å². The Balaban J connectivity index is 1.92. The van der Waals surface area contributed by atoms with Crippen LogP contribution < -0.4 is 5.32 Å². The molecule has 1 heterocycles. The first-order chi connectivity index (χ1) is 9.15. The molecule has 0 radical (unpaired) electrons. The maximum atomic E-state index is 3.51. The molecule has 2 nitrogen and oxygen atoms in total. The van der Waals surface area contributed by atoms with Gasteiger partial charge in [-0.25, -0.2) is 0 Å². The first-order valence-electron chi connectivity index (χ1n) is 7.67. The summed E-state index contributed by atoms with van der Waals surface area (Å²) in [5, 5.41) is 3.51. The molecule has 0 aromatic heterocycles. The summed E-state index contributed by atoms with van der Waals surface area (Å²) in [6.45, 7) is 11.5. The first-order valence-corrected chi connectivity index (χ1v) is 7.67. The standard InChI is InChI=1S/C17H28N2/c1-14(2)18-10-8-16-6-4-5-7-17(16)13-19-11-9-15(3)12-19/h4-7,14-15,18H,8-13H2,1-3H3. The third kappa shape index (κ3) is 4.63. The van der Waals surface area contributed by atoms with E-state index in [1.165, 1.54) is 30.6 Å². The minimum Gasteiger partial charge on any atom is -0.314 e. The van der Waals surface area contributed by atoms with Gasteiger partial charge in [0.2, 0.25) is 0 Å². The van der Waals surface area contributed by atoms with E-state index in [-0.39, 0.29) is 0 Å². The van der Waals surface area contributed by atoms with Gasteiger partial charge in [-0.15, -0.1) is 0 Å². The number of hydrogen-bond donors (Lipinski definition) is 1. The second kappa shape index (κ2) is 7.06. The lowest BCUT2D eigenvalue weighted by atomic mass is 10.0. The van der Waals surface area contributed by atoms with Crippen LogP contribution in [0.25, 0.3) is 0 Å². The third-order valence-electron chi connectivity index (χ3n) is 3.97. The van der Waals surface area contributed by atoms with Crippen LogP contribution in [0.5, 0.6) is 0 Å². The van der Waals surface area contributed by atoms with Gasteiger partial charge in [0.25, 0.3) is 0 Å². The van der Waals surface area contributed by atoms with Gasteiger partial charge in [-0.2, -0.15) is 0 Å². The van der Waals surface area contributed by atoms with Crippen molar-refractivity contribution in [3.8, 4) is 0 Å². The summed E-state index contributed by atoms with van der Waals surface area (Å²) in [6.07, 6.45) is 2.49. The molecule has 1 aromatic rings. The summed E-state index contributed by atoms with van der Waals surface area (Å²) in [5.41, 5.74) is 3.03. The van der Waals surface area contributed by atoms with Crippen LogP contribution in [0.4, 0.5) is 0 Å². The summed E-state index contributed by atoms with van der Waals surface area (Å²) >= 11 is 0. The number of nitrogens with zero attached hydrogens (tertiary/aromatic N) is 1. The molecular formula is C17H28N2. The van der Waals surface area contributed by atoms with Gasteiger partial charge in [0.1, 0.15) is 0 Å². The Morgan fingerprint density at radius 3 is 2.63 bits per heavy atom. The summed E-state index contributed by atoms with van der Waals surface area (Å²) < 4.78 is 0. The lowest BCUT2D eigenvalue weighted by molar-refractivity contribution is 0.319. The number of hydrogen-bond acceptors (Lipinski definition) is 2. The molecule has 2 rings (SSSR count). The Hall–Kier alpha value is -0.860. The van der Waals surface area contributed by atoms with Crippen molar-refractivity contribution < 1.29 is 0 Å². The number of nitrogens with one attached hydrogen (secondary N) is 1. The monoisotopic (exact) mass is 260 g/mol. The molecule has 1 aromatic carbocycles. The molecular weight excluding hydrogens is 232 g/mol. The summed E-state index contributed by atoms with van der Waals surface area (Å²) in [5.74, 6) is 0.870. The van der Waals surface area contributed by atoms with E-state index in [0.717, 1.165) is 25.4 Å². The van der Waals surface area contributed by atoms with Crippen LogP contribution in [0.15, 0.2) is 24.3 Å². The van der Waals surface area contributed by atoms with E-state index in [9.17, 15) is 0 Å². The quantitative estimate of drug-likeness (QED) is 0.845. The molecule has 1 atom stereocenters. The predicted molar refractivity (Wildman–Crippen MR) is 82.3 cm³/mol. The van der Waals surface area contributed by atoms with Gasteiger partial charge in [-0.3, -0.25) is 4.90 Å². The van der Waals surface area contributed by atoms with Crippen LogP contribution in [-0.4, -0.2) is 30.6 Å². The molecule has 1 unspecified atom stereocenters. The lowest BCUT2D eigenvalue weighted by Gasteiger charge is -2.18. The molecule has 1 N–H and O–H groups in total. The number of rotatable bonds is 6. The molecule has 0 amide bonds. The lowest BCUT2D eigenvalue weighted by Crippen LogP contribution is -2.26. The zero-order valence-electron chi connectivity index (χ0n) is 12.7. The van der Waals surface area contributed by atoms with Crippen LogP contribution in [0.1, 0.15) is 38.3 Å². The van der Waals surface area contributed by atoms with Crippen LogP contribution in [0.3, 0.4) is 0 Å². The van der Waals surface area contributed by atoms with E-state index in [4.69, 9.17) is 0 Å². The van der Waals surface area contributed by atoms with Crippen molar-refractivity contribution in [1.82, 2.24) is 10.2 Å². The highest BCUT2D eigenvalue weighted by atomic mass is 15.1. The number of benzene rings is 1. The van der Waals surface area contributed by atoms with Crippen molar-refractivity contribution in [2.24, 2.45) is 5.92 Å².